The van der Waals surface area contributed by atoms with Crippen LogP contribution in [0.4, 0.5) is 5.69 Å². The van der Waals surface area contributed by atoms with Gasteiger partial charge in [-0.15, -0.1) is 11.3 Å². The van der Waals surface area contributed by atoms with E-state index in [4.69, 9.17) is 41.2 Å². The minimum atomic E-state index is 0.259. The van der Waals surface area contributed by atoms with Gasteiger partial charge in [-0.25, -0.2) is 19.9 Å². The van der Waals surface area contributed by atoms with Gasteiger partial charge in [-0.3, -0.25) is 0 Å². The SMILES string of the molecule is Clc1ncc2ncsc2n1.Nc1cnc(Cl)[nH]c1=S. The summed E-state index contributed by atoms with van der Waals surface area (Å²) in [7, 11) is 0. The molecule has 6 nitrogen and oxygen atoms in total. The van der Waals surface area contributed by atoms with Crippen molar-refractivity contribution in [2.75, 3.05) is 5.73 Å². The van der Waals surface area contributed by atoms with Gasteiger partial charge in [0, 0.05) is 0 Å². The van der Waals surface area contributed by atoms with Gasteiger partial charge in [0.05, 0.1) is 23.6 Å². The summed E-state index contributed by atoms with van der Waals surface area (Å²) < 4.78 is 0.426. The highest BCUT2D eigenvalue weighted by atomic mass is 35.5. The molecule has 3 rings (SSSR count). The van der Waals surface area contributed by atoms with Crippen molar-refractivity contribution in [2.24, 2.45) is 0 Å². The number of nitrogens with zero attached hydrogens (tertiary/aromatic N) is 4. The zero-order chi connectivity index (χ0) is 13.8. The van der Waals surface area contributed by atoms with Crippen LogP contribution < -0.4 is 5.73 Å². The predicted octanol–water partition coefficient (Wildman–Crippen LogP) is 3.11. The van der Waals surface area contributed by atoms with Crippen LogP contribution in [0, 0.1) is 4.64 Å². The molecule has 0 bridgehead atoms. The van der Waals surface area contributed by atoms with E-state index in [1.807, 2.05) is 0 Å². The highest BCUT2D eigenvalue weighted by Crippen LogP contribution is 2.14. The Kier molecular flexibility index (Phi) is 4.59. The number of anilines is 1. The summed E-state index contributed by atoms with van der Waals surface area (Å²) >= 11 is 17.2. The van der Waals surface area contributed by atoms with Crippen LogP contribution in [0.2, 0.25) is 10.6 Å². The molecule has 0 aliphatic rings. The Balaban J connectivity index is 0.000000141. The normalized spacial score (nSPS) is 10.0. The number of halogens is 2. The molecule has 0 radical (unpaired) electrons. The molecular weight excluding hydrogens is 327 g/mol. The Labute approximate surface area is 126 Å². The summed E-state index contributed by atoms with van der Waals surface area (Å²) in [6.45, 7) is 0. The summed E-state index contributed by atoms with van der Waals surface area (Å²) in [5.41, 5.74) is 8.29. The van der Waals surface area contributed by atoms with Gasteiger partial charge in [0.15, 0.2) is 0 Å². The van der Waals surface area contributed by atoms with Crippen molar-refractivity contribution in [3.05, 3.63) is 33.1 Å². The number of fused-ring (bicyclic) bond motifs is 1. The molecule has 0 fully saturated rings. The molecule has 0 saturated carbocycles. The van der Waals surface area contributed by atoms with Crippen molar-refractivity contribution in [3.63, 3.8) is 0 Å². The van der Waals surface area contributed by atoms with E-state index >= 15 is 0 Å². The van der Waals surface area contributed by atoms with E-state index in [9.17, 15) is 0 Å². The number of hydrogen-bond donors (Lipinski definition) is 2. The van der Waals surface area contributed by atoms with Crippen molar-refractivity contribution in [1.82, 2.24) is 24.9 Å². The number of thiazole rings is 1. The van der Waals surface area contributed by atoms with Crippen LogP contribution in [0.1, 0.15) is 0 Å². The summed E-state index contributed by atoms with van der Waals surface area (Å²) in [4.78, 5) is 18.8. The molecule has 0 unspecified atom stereocenters. The monoisotopic (exact) mass is 332 g/mol. The van der Waals surface area contributed by atoms with Gasteiger partial charge in [-0.1, -0.05) is 12.2 Å². The van der Waals surface area contributed by atoms with Crippen LogP contribution in [0.15, 0.2) is 17.9 Å². The first-order chi connectivity index (χ1) is 9.06. The van der Waals surface area contributed by atoms with E-state index < -0.39 is 0 Å². The third kappa shape index (κ3) is 3.80. The summed E-state index contributed by atoms with van der Waals surface area (Å²) in [6.07, 6.45) is 3.03. The highest BCUT2D eigenvalue weighted by Gasteiger charge is 1.97. The number of hydrogen-bond acceptors (Lipinski definition) is 7. The first kappa shape index (κ1) is 14.1. The fourth-order valence-electron chi connectivity index (χ4n) is 1.03. The van der Waals surface area contributed by atoms with Crippen molar-refractivity contribution in [1.29, 1.82) is 0 Å². The number of aromatic amines is 1. The lowest BCUT2D eigenvalue weighted by molar-refractivity contribution is 1.16. The molecule has 98 valence electrons. The molecule has 0 aliphatic heterocycles. The van der Waals surface area contributed by atoms with Gasteiger partial charge in [0.2, 0.25) is 10.6 Å². The molecule has 3 N–H and O–H groups in total. The van der Waals surface area contributed by atoms with E-state index in [0.717, 1.165) is 10.3 Å². The van der Waals surface area contributed by atoms with E-state index in [0.29, 0.717) is 10.3 Å². The van der Waals surface area contributed by atoms with Crippen LogP contribution in [0.3, 0.4) is 0 Å². The third-order valence-corrected chi connectivity index (χ3v) is 3.30. The van der Waals surface area contributed by atoms with Gasteiger partial charge in [0.1, 0.15) is 15.0 Å². The largest absolute Gasteiger partial charge is 0.395 e. The molecule has 0 amide bonds. The number of nitrogen functional groups attached to an aromatic ring is 1. The molecule has 3 heterocycles. The van der Waals surface area contributed by atoms with Gasteiger partial charge in [-0.05, 0) is 23.2 Å². The number of aromatic nitrogens is 5. The number of rotatable bonds is 0. The fraction of sp³-hybridized carbons (Fsp3) is 0. The predicted molar refractivity (Wildman–Crippen MR) is 79.1 cm³/mol. The van der Waals surface area contributed by atoms with Crippen LogP contribution in [0.25, 0.3) is 10.3 Å². The second-order valence-corrected chi connectivity index (χ2v) is 5.08. The lowest BCUT2D eigenvalue weighted by atomic mass is 10.6. The average Bonchev–Trinajstić information content (AvgIpc) is 2.82. The quantitative estimate of drug-likeness (QED) is 0.485. The molecule has 0 aromatic carbocycles. The van der Waals surface area contributed by atoms with Gasteiger partial charge >= 0.3 is 0 Å². The van der Waals surface area contributed by atoms with Crippen LogP contribution in [-0.2, 0) is 0 Å². The van der Waals surface area contributed by atoms with Crippen molar-refractivity contribution in [2.45, 2.75) is 0 Å². The minimum Gasteiger partial charge on any atom is -0.395 e. The minimum absolute atomic E-state index is 0.259. The van der Waals surface area contributed by atoms with Crippen LogP contribution in [0.5, 0.6) is 0 Å². The lowest BCUT2D eigenvalue weighted by Gasteiger charge is -1.91. The maximum atomic E-state index is 5.53. The average molecular weight is 333 g/mol. The fourth-order valence-corrected chi connectivity index (χ4v) is 2.19. The first-order valence-corrected chi connectivity index (χ1v) is 6.82. The zero-order valence-electron chi connectivity index (χ0n) is 9.17. The maximum absolute atomic E-state index is 5.53. The molecular formula is C9H6Cl2N6S2. The van der Waals surface area contributed by atoms with Gasteiger partial charge in [-0.2, -0.15) is 0 Å². The van der Waals surface area contributed by atoms with Crippen molar-refractivity contribution < 1.29 is 0 Å². The summed E-state index contributed by atoms with van der Waals surface area (Å²) in [6, 6.07) is 0. The van der Waals surface area contributed by atoms with Crippen molar-refractivity contribution >= 4 is 62.8 Å². The summed E-state index contributed by atoms with van der Waals surface area (Å²) in [5.74, 6) is 0. The zero-order valence-corrected chi connectivity index (χ0v) is 12.3. The Hall–Kier alpha value is -1.35. The highest BCUT2D eigenvalue weighted by molar-refractivity contribution is 7.71. The van der Waals surface area contributed by atoms with Crippen LogP contribution >= 0.6 is 46.8 Å². The lowest BCUT2D eigenvalue weighted by Crippen LogP contribution is -1.90. The molecule has 3 aromatic rings. The first-order valence-electron chi connectivity index (χ1n) is 4.78. The molecule has 0 aliphatic carbocycles. The molecule has 0 spiro atoms. The number of nitrogens with one attached hydrogen (secondary N) is 1. The molecule has 0 saturated heterocycles. The second kappa shape index (κ2) is 6.20. The smallest absolute Gasteiger partial charge is 0.223 e. The Morgan fingerprint density at radius 3 is 2.68 bits per heavy atom. The van der Waals surface area contributed by atoms with Gasteiger partial charge < -0.3 is 10.7 Å². The van der Waals surface area contributed by atoms with Crippen LogP contribution in [-0.4, -0.2) is 24.9 Å². The molecule has 0 atom stereocenters. The summed E-state index contributed by atoms with van der Waals surface area (Å²) in [5, 5.41) is 0.533. The van der Waals surface area contributed by atoms with E-state index in [2.05, 4.69) is 24.9 Å². The Bertz CT molecular complexity index is 756. The molecule has 3 aromatic heterocycles. The molecule has 19 heavy (non-hydrogen) atoms. The second-order valence-electron chi connectivity index (χ2n) is 3.14. The topological polar surface area (TPSA) is 93.4 Å². The standard InChI is InChI=1S/C5H2ClN3S.C4H4ClN3S/c6-5-7-1-3-4(9-5)10-2-8-3;5-4-7-1-2(6)3(9)8-4/h1-2H;1H,6H2,(H,7,8,9). The number of nitrogens with two attached hydrogens (primary N) is 1. The Morgan fingerprint density at radius 1 is 1.21 bits per heavy atom. The maximum Gasteiger partial charge on any atom is 0.223 e. The number of H-pyrrole nitrogens is 1. The Morgan fingerprint density at radius 2 is 2.00 bits per heavy atom. The van der Waals surface area contributed by atoms with E-state index in [1.165, 1.54) is 17.5 Å². The third-order valence-electron chi connectivity index (χ3n) is 1.86. The van der Waals surface area contributed by atoms with Crippen molar-refractivity contribution in [3.8, 4) is 0 Å². The van der Waals surface area contributed by atoms with E-state index in [-0.39, 0.29) is 10.6 Å². The molecule has 10 heteroatoms. The van der Waals surface area contributed by atoms with Gasteiger partial charge in [0.25, 0.3) is 0 Å². The van der Waals surface area contributed by atoms with E-state index in [1.54, 1.807) is 11.7 Å².